The smallest absolute Gasteiger partial charge is 0.139 e. The summed E-state index contributed by atoms with van der Waals surface area (Å²) in [5.41, 5.74) is 3.89. The molecule has 2 heterocycles. The third kappa shape index (κ3) is 1.48. The number of fused-ring (bicyclic) bond motifs is 1. The third-order valence-electron chi connectivity index (χ3n) is 3.12. The molecule has 0 saturated heterocycles. The number of hydrogen-bond acceptors (Lipinski definition) is 2. The lowest BCUT2D eigenvalue weighted by Gasteiger charge is -2.18. The largest absolute Gasteiger partial charge is 0.385 e. The normalized spacial score (nSPS) is 14.3. The Balaban J connectivity index is 2.06. The number of anilines is 1. The Morgan fingerprint density at radius 1 is 1.38 bits per heavy atom. The highest BCUT2D eigenvalue weighted by molar-refractivity contribution is 5.64. The van der Waals surface area contributed by atoms with Gasteiger partial charge in [0.2, 0.25) is 0 Å². The number of aryl methyl sites for hydroxylation is 2. The van der Waals surface area contributed by atoms with E-state index in [2.05, 4.69) is 33.1 Å². The van der Waals surface area contributed by atoms with Gasteiger partial charge in [-0.2, -0.15) is 0 Å². The summed E-state index contributed by atoms with van der Waals surface area (Å²) in [6.07, 6.45) is 6.21. The molecule has 3 rings (SSSR count). The van der Waals surface area contributed by atoms with Crippen molar-refractivity contribution in [2.24, 2.45) is 7.05 Å². The topological polar surface area (TPSA) is 29.9 Å². The number of aromatic nitrogens is 2. The van der Waals surface area contributed by atoms with Gasteiger partial charge in [0.05, 0.1) is 0 Å². The maximum absolute atomic E-state index is 4.38. The average molecular weight is 213 g/mol. The van der Waals surface area contributed by atoms with Crippen LogP contribution in [-0.2, 0) is 13.5 Å². The number of imidazole rings is 1. The summed E-state index contributed by atoms with van der Waals surface area (Å²) in [5.74, 6) is 1.04. The minimum Gasteiger partial charge on any atom is -0.385 e. The molecule has 0 aliphatic carbocycles. The summed E-state index contributed by atoms with van der Waals surface area (Å²) in [6.45, 7) is 1.09. The van der Waals surface area contributed by atoms with Crippen molar-refractivity contribution >= 4 is 5.69 Å². The lowest BCUT2D eigenvalue weighted by molar-refractivity contribution is 0.829. The molecule has 0 radical (unpaired) electrons. The Kier molecular flexibility index (Phi) is 2.17. The molecular weight excluding hydrogens is 198 g/mol. The molecule has 1 aliphatic rings. The van der Waals surface area contributed by atoms with Gasteiger partial charge in [-0.3, -0.25) is 0 Å². The molecule has 0 amide bonds. The van der Waals surface area contributed by atoms with Crippen molar-refractivity contribution in [2.45, 2.75) is 12.8 Å². The standard InChI is InChI=1S/C13H15N3/c1-16-8-7-15-13(16)11-4-5-12-10(9-11)3-2-6-14-12/h4-5,7-9,14H,2-3,6H2,1H3. The zero-order chi connectivity index (χ0) is 11.0. The minimum absolute atomic E-state index is 1.04. The van der Waals surface area contributed by atoms with Gasteiger partial charge in [-0.15, -0.1) is 0 Å². The van der Waals surface area contributed by atoms with Crippen molar-refractivity contribution in [3.8, 4) is 11.4 Å². The van der Waals surface area contributed by atoms with Gasteiger partial charge in [0, 0.05) is 37.2 Å². The van der Waals surface area contributed by atoms with E-state index in [1.54, 1.807) is 0 Å². The molecule has 3 nitrogen and oxygen atoms in total. The first-order chi connectivity index (χ1) is 7.84. The molecule has 0 fully saturated rings. The van der Waals surface area contributed by atoms with Gasteiger partial charge in [0.1, 0.15) is 5.82 Å². The summed E-state index contributed by atoms with van der Waals surface area (Å²) >= 11 is 0. The fourth-order valence-corrected chi connectivity index (χ4v) is 2.26. The number of hydrogen-bond donors (Lipinski definition) is 1. The van der Waals surface area contributed by atoms with Crippen LogP contribution in [0.3, 0.4) is 0 Å². The van der Waals surface area contributed by atoms with Crippen LogP contribution < -0.4 is 5.32 Å². The summed E-state index contributed by atoms with van der Waals surface area (Å²) < 4.78 is 2.05. The fraction of sp³-hybridized carbons (Fsp3) is 0.308. The van der Waals surface area contributed by atoms with Crippen LogP contribution in [0.2, 0.25) is 0 Å². The summed E-state index contributed by atoms with van der Waals surface area (Å²) in [6, 6.07) is 6.56. The van der Waals surface area contributed by atoms with Gasteiger partial charge < -0.3 is 9.88 Å². The van der Waals surface area contributed by atoms with E-state index in [9.17, 15) is 0 Å². The van der Waals surface area contributed by atoms with Crippen LogP contribution in [0, 0.1) is 0 Å². The fourth-order valence-electron chi connectivity index (χ4n) is 2.26. The SMILES string of the molecule is Cn1ccnc1-c1ccc2c(c1)CCCN2. The molecular formula is C13H15N3. The Morgan fingerprint density at radius 2 is 2.31 bits per heavy atom. The first-order valence-electron chi connectivity index (χ1n) is 5.69. The highest BCUT2D eigenvalue weighted by Gasteiger charge is 2.10. The molecule has 1 aliphatic heterocycles. The van der Waals surface area contributed by atoms with Crippen molar-refractivity contribution < 1.29 is 0 Å². The lowest BCUT2D eigenvalue weighted by atomic mass is 10.0. The van der Waals surface area contributed by atoms with Crippen molar-refractivity contribution in [3.63, 3.8) is 0 Å². The zero-order valence-corrected chi connectivity index (χ0v) is 9.40. The van der Waals surface area contributed by atoms with Crippen LogP contribution >= 0.6 is 0 Å². The molecule has 1 aromatic carbocycles. The third-order valence-corrected chi connectivity index (χ3v) is 3.12. The van der Waals surface area contributed by atoms with Crippen molar-refractivity contribution in [1.29, 1.82) is 0 Å². The van der Waals surface area contributed by atoms with Crippen LogP contribution in [0.4, 0.5) is 5.69 Å². The van der Waals surface area contributed by atoms with E-state index in [0.29, 0.717) is 0 Å². The maximum atomic E-state index is 4.38. The Hall–Kier alpha value is -1.77. The first kappa shape index (κ1) is 9.46. The molecule has 1 N–H and O–H groups in total. The maximum Gasteiger partial charge on any atom is 0.139 e. The Morgan fingerprint density at radius 3 is 3.12 bits per heavy atom. The quantitative estimate of drug-likeness (QED) is 0.788. The van der Waals surface area contributed by atoms with Gasteiger partial charge in [0.25, 0.3) is 0 Å². The molecule has 3 heteroatoms. The first-order valence-corrected chi connectivity index (χ1v) is 5.69. The van der Waals surface area contributed by atoms with Crippen LogP contribution in [-0.4, -0.2) is 16.1 Å². The number of nitrogens with zero attached hydrogens (tertiary/aromatic N) is 2. The summed E-state index contributed by atoms with van der Waals surface area (Å²) in [4.78, 5) is 4.38. The van der Waals surface area contributed by atoms with E-state index in [-0.39, 0.29) is 0 Å². The lowest BCUT2D eigenvalue weighted by Crippen LogP contribution is -2.11. The second-order valence-corrected chi connectivity index (χ2v) is 4.26. The monoisotopic (exact) mass is 213 g/mol. The van der Waals surface area contributed by atoms with E-state index in [1.807, 2.05) is 19.4 Å². The van der Waals surface area contributed by atoms with Crippen LogP contribution in [0.15, 0.2) is 30.6 Å². The van der Waals surface area contributed by atoms with Gasteiger partial charge in [0.15, 0.2) is 0 Å². The number of rotatable bonds is 1. The van der Waals surface area contributed by atoms with Gasteiger partial charge in [-0.05, 0) is 36.6 Å². The predicted molar refractivity (Wildman–Crippen MR) is 65.5 cm³/mol. The molecule has 82 valence electrons. The Bertz CT molecular complexity index is 514. The molecule has 0 bridgehead atoms. The average Bonchev–Trinajstić information content (AvgIpc) is 2.75. The highest BCUT2D eigenvalue weighted by atomic mass is 15.0. The molecule has 16 heavy (non-hydrogen) atoms. The molecule has 0 spiro atoms. The van der Waals surface area contributed by atoms with Gasteiger partial charge in [-0.25, -0.2) is 4.98 Å². The van der Waals surface area contributed by atoms with Gasteiger partial charge in [-0.1, -0.05) is 0 Å². The molecule has 0 saturated carbocycles. The van der Waals surface area contributed by atoms with E-state index in [0.717, 1.165) is 12.4 Å². The van der Waals surface area contributed by atoms with Crippen LogP contribution in [0.5, 0.6) is 0 Å². The van der Waals surface area contributed by atoms with Crippen LogP contribution in [0.1, 0.15) is 12.0 Å². The minimum atomic E-state index is 1.04. The second kappa shape index (κ2) is 3.67. The van der Waals surface area contributed by atoms with E-state index in [1.165, 1.54) is 29.7 Å². The van der Waals surface area contributed by atoms with Crippen molar-refractivity contribution in [2.75, 3.05) is 11.9 Å². The van der Waals surface area contributed by atoms with Crippen molar-refractivity contribution in [3.05, 3.63) is 36.2 Å². The summed E-state index contributed by atoms with van der Waals surface area (Å²) in [7, 11) is 2.03. The Labute approximate surface area is 95.1 Å². The van der Waals surface area contributed by atoms with E-state index in [4.69, 9.17) is 0 Å². The number of nitrogens with one attached hydrogen (secondary N) is 1. The summed E-state index contributed by atoms with van der Waals surface area (Å²) in [5, 5.41) is 3.42. The zero-order valence-electron chi connectivity index (χ0n) is 9.40. The van der Waals surface area contributed by atoms with Crippen LogP contribution in [0.25, 0.3) is 11.4 Å². The van der Waals surface area contributed by atoms with Crippen molar-refractivity contribution in [1.82, 2.24) is 9.55 Å². The number of benzene rings is 1. The molecule has 0 unspecified atom stereocenters. The van der Waals surface area contributed by atoms with E-state index >= 15 is 0 Å². The molecule has 2 aromatic rings. The predicted octanol–water partition coefficient (Wildman–Crippen LogP) is 2.45. The second-order valence-electron chi connectivity index (χ2n) is 4.26. The molecule has 0 atom stereocenters. The van der Waals surface area contributed by atoms with E-state index < -0.39 is 0 Å². The van der Waals surface area contributed by atoms with Gasteiger partial charge >= 0.3 is 0 Å². The molecule has 1 aromatic heterocycles. The highest BCUT2D eigenvalue weighted by Crippen LogP contribution is 2.27.